The molecule has 2 aliphatic rings. The molecule has 0 saturated carbocycles. The Hall–Kier alpha value is -2.30. The van der Waals surface area contributed by atoms with Crippen LogP contribution in [0.4, 0.5) is 0 Å². The van der Waals surface area contributed by atoms with Crippen molar-refractivity contribution in [3.05, 3.63) is 33.4 Å². The van der Waals surface area contributed by atoms with Crippen LogP contribution in [-0.2, 0) is 9.47 Å². The van der Waals surface area contributed by atoms with E-state index in [4.69, 9.17) is 13.9 Å². The van der Waals surface area contributed by atoms with Gasteiger partial charge >= 0.3 is 0 Å². The number of hydrogen-bond acceptors (Lipinski definition) is 8. The van der Waals surface area contributed by atoms with Gasteiger partial charge in [-0.3, -0.25) is 9.59 Å². The summed E-state index contributed by atoms with van der Waals surface area (Å²) in [6.07, 6.45) is 1.26. The monoisotopic (exact) mass is 406 g/mol. The van der Waals surface area contributed by atoms with Crippen LogP contribution >= 0.6 is 11.3 Å². The Bertz CT molecular complexity index is 906. The molecule has 1 spiro atoms. The summed E-state index contributed by atoms with van der Waals surface area (Å²) in [6.45, 7) is 7.46. The van der Waals surface area contributed by atoms with E-state index in [1.165, 1.54) is 17.7 Å². The molecule has 4 rings (SSSR count). The molecule has 1 unspecified atom stereocenters. The predicted molar refractivity (Wildman–Crippen MR) is 99.3 cm³/mol. The van der Waals surface area contributed by atoms with Crippen molar-refractivity contribution in [2.24, 2.45) is 0 Å². The second-order valence-electron chi connectivity index (χ2n) is 6.98. The minimum atomic E-state index is -1.04. The third-order valence-corrected chi connectivity index (χ3v) is 5.99. The summed E-state index contributed by atoms with van der Waals surface area (Å²) in [4.78, 5) is 38.1. The van der Waals surface area contributed by atoms with Crippen LogP contribution < -0.4 is 0 Å². The number of nitrogens with zero attached hydrogens (tertiary/aromatic N) is 4. The first-order valence-electron chi connectivity index (χ1n) is 9.09. The predicted octanol–water partition coefficient (Wildman–Crippen LogP) is 1.40. The summed E-state index contributed by atoms with van der Waals surface area (Å²) >= 11 is 1.39. The number of carbonyl (C=O) groups is 2. The van der Waals surface area contributed by atoms with Gasteiger partial charge in [0.05, 0.1) is 42.7 Å². The number of rotatable bonds is 2. The smallest absolute Gasteiger partial charge is 0.291 e. The lowest BCUT2D eigenvalue weighted by atomic mass is 10.1. The van der Waals surface area contributed by atoms with Gasteiger partial charge in [-0.2, -0.15) is 0 Å². The first-order valence-corrected chi connectivity index (χ1v) is 9.91. The van der Waals surface area contributed by atoms with Crippen molar-refractivity contribution >= 4 is 23.2 Å². The van der Waals surface area contributed by atoms with E-state index < -0.39 is 5.79 Å². The second-order valence-corrected chi connectivity index (χ2v) is 8.18. The van der Waals surface area contributed by atoms with Gasteiger partial charge in [-0.05, 0) is 20.8 Å². The third kappa shape index (κ3) is 3.43. The van der Waals surface area contributed by atoms with Crippen LogP contribution in [-0.4, -0.2) is 76.8 Å². The molecule has 2 aliphatic heterocycles. The molecule has 2 aromatic heterocycles. The normalized spacial score (nSPS) is 22.7. The molecule has 2 amide bonds. The number of thiazole rings is 1. The van der Waals surface area contributed by atoms with Crippen molar-refractivity contribution in [1.82, 2.24) is 19.8 Å². The van der Waals surface area contributed by atoms with E-state index in [0.717, 1.165) is 10.7 Å². The standard InChI is InChI=1S/C18H22N4O5S/c1-11-14(25-10-19-11)16(23)21-4-6-26-18(8-21)9-22(5-7-27-18)17(24)15-12(2)20-13(3)28-15/h10H,4-9H2,1-3H3. The van der Waals surface area contributed by atoms with E-state index in [-0.39, 0.29) is 30.7 Å². The van der Waals surface area contributed by atoms with Crippen LogP contribution in [0.2, 0.25) is 0 Å². The molecule has 2 fully saturated rings. The lowest BCUT2D eigenvalue weighted by Crippen LogP contribution is -2.63. The van der Waals surface area contributed by atoms with E-state index >= 15 is 0 Å². The molecule has 0 bridgehead atoms. The van der Waals surface area contributed by atoms with Gasteiger partial charge in [0, 0.05) is 13.1 Å². The molecule has 0 radical (unpaired) electrons. The van der Waals surface area contributed by atoms with Crippen LogP contribution in [0.15, 0.2) is 10.8 Å². The van der Waals surface area contributed by atoms with Crippen molar-refractivity contribution in [3.8, 4) is 0 Å². The highest BCUT2D eigenvalue weighted by Gasteiger charge is 2.45. The van der Waals surface area contributed by atoms with Crippen molar-refractivity contribution < 1.29 is 23.5 Å². The maximum atomic E-state index is 13.0. The van der Waals surface area contributed by atoms with Gasteiger partial charge in [0.25, 0.3) is 11.8 Å². The summed E-state index contributed by atoms with van der Waals surface area (Å²) in [5.41, 5.74) is 1.28. The highest BCUT2D eigenvalue weighted by Crippen LogP contribution is 2.28. The summed E-state index contributed by atoms with van der Waals surface area (Å²) in [5, 5.41) is 0.858. The minimum Gasteiger partial charge on any atom is -0.438 e. The number of amides is 2. The second kappa shape index (κ2) is 7.26. The Morgan fingerprint density at radius 2 is 1.68 bits per heavy atom. The fourth-order valence-corrected chi connectivity index (χ4v) is 4.46. The number of oxazole rings is 1. The van der Waals surface area contributed by atoms with E-state index in [1.54, 1.807) is 16.7 Å². The quantitative estimate of drug-likeness (QED) is 0.743. The highest BCUT2D eigenvalue weighted by molar-refractivity contribution is 7.13. The Labute approximate surface area is 166 Å². The molecule has 4 heterocycles. The van der Waals surface area contributed by atoms with Crippen LogP contribution in [0.3, 0.4) is 0 Å². The summed E-state index contributed by atoms with van der Waals surface area (Å²) in [5.74, 6) is -1.15. The zero-order valence-electron chi connectivity index (χ0n) is 16.1. The molecule has 9 nitrogen and oxygen atoms in total. The van der Waals surface area contributed by atoms with Crippen molar-refractivity contribution in [2.45, 2.75) is 26.6 Å². The van der Waals surface area contributed by atoms with Crippen LogP contribution in [0.1, 0.15) is 36.6 Å². The molecular weight excluding hydrogens is 384 g/mol. The number of aromatic nitrogens is 2. The van der Waals surface area contributed by atoms with Crippen molar-refractivity contribution in [2.75, 3.05) is 39.4 Å². The van der Waals surface area contributed by atoms with Gasteiger partial charge in [-0.15, -0.1) is 11.3 Å². The summed E-state index contributed by atoms with van der Waals surface area (Å²) in [6, 6.07) is 0. The van der Waals surface area contributed by atoms with Gasteiger partial charge in [-0.25, -0.2) is 9.97 Å². The first kappa shape index (κ1) is 19.0. The average molecular weight is 406 g/mol. The number of hydrogen-bond donors (Lipinski definition) is 0. The lowest BCUT2D eigenvalue weighted by molar-refractivity contribution is -0.282. The fourth-order valence-electron chi connectivity index (χ4n) is 3.57. The minimum absolute atomic E-state index is 0.0797. The Kier molecular flexibility index (Phi) is 4.94. The zero-order chi connectivity index (χ0) is 19.9. The Morgan fingerprint density at radius 1 is 1.04 bits per heavy atom. The van der Waals surface area contributed by atoms with Gasteiger partial charge in [0.2, 0.25) is 11.5 Å². The van der Waals surface area contributed by atoms with Gasteiger partial charge in [-0.1, -0.05) is 0 Å². The molecule has 2 aromatic rings. The van der Waals surface area contributed by atoms with E-state index in [0.29, 0.717) is 36.9 Å². The van der Waals surface area contributed by atoms with Crippen molar-refractivity contribution in [3.63, 3.8) is 0 Å². The zero-order valence-corrected chi connectivity index (χ0v) is 16.9. The molecule has 1 atom stereocenters. The molecule has 10 heteroatoms. The van der Waals surface area contributed by atoms with E-state index in [1.807, 2.05) is 13.8 Å². The largest absolute Gasteiger partial charge is 0.438 e. The Balaban J connectivity index is 1.51. The summed E-state index contributed by atoms with van der Waals surface area (Å²) in [7, 11) is 0. The molecule has 0 aliphatic carbocycles. The molecule has 150 valence electrons. The van der Waals surface area contributed by atoms with Gasteiger partial charge < -0.3 is 23.7 Å². The SMILES string of the molecule is Cc1nc(C)c(C(=O)N2CCOC3(CN(C(=O)c4ocnc4C)CCO3)C2)s1. The Morgan fingerprint density at radius 3 is 2.21 bits per heavy atom. The first-order chi connectivity index (χ1) is 13.4. The molecule has 0 N–H and O–H groups in total. The molecule has 28 heavy (non-hydrogen) atoms. The van der Waals surface area contributed by atoms with Crippen LogP contribution in [0.5, 0.6) is 0 Å². The molecule has 0 aromatic carbocycles. The summed E-state index contributed by atoms with van der Waals surface area (Å²) < 4.78 is 17.1. The number of ether oxygens (including phenoxy) is 2. The van der Waals surface area contributed by atoms with Gasteiger partial charge in [0.15, 0.2) is 6.39 Å². The number of carbonyl (C=O) groups excluding carboxylic acids is 2. The molecule has 2 saturated heterocycles. The molecular formula is C18H22N4O5S. The van der Waals surface area contributed by atoms with Crippen LogP contribution in [0.25, 0.3) is 0 Å². The maximum Gasteiger partial charge on any atom is 0.291 e. The average Bonchev–Trinajstić information content (AvgIpc) is 3.25. The van der Waals surface area contributed by atoms with E-state index in [9.17, 15) is 9.59 Å². The van der Waals surface area contributed by atoms with Crippen molar-refractivity contribution in [1.29, 1.82) is 0 Å². The fraction of sp³-hybridized carbons (Fsp3) is 0.556. The number of morpholine rings is 2. The number of aryl methyl sites for hydroxylation is 3. The van der Waals surface area contributed by atoms with Gasteiger partial charge in [0.1, 0.15) is 4.88 Å². The maximum absolute atomic E-state index is 13.0. The van der Waals surface area contributed by atoms with Crippen LogP contribution in [0, 0.1) is 20.8 Å². The van der Waals surface area contributed by atoms with E-state index in [2.05, 4.69) is 9.97 Å². The third-order valence-electron chi connectivity index (χ3n) is 4.93. The highest BCUT2D eigenvalue weighted by atomic mass is 32.1. The lowest BCUT2D eigenvalue weighted by Gasteiger charge is -2.47. The topological polar surface area (TPSA) is 98.0 Å².